The number of rotatable bonds is 3. The molecule has 0 saturated carbocycles. The number of para-hydroxylation sites is 1. The molecular weight excluding hydrogens is 194 g/mol. The first-order valence-corrected chi connectivity index (χ1v) is 5.34. The van der Waals surface area contributed by atoms with Crippen molar-refractivity contribution in [3.8, 4) is 0 Å². The van der Waals surface area contributed by atoms with E-state index >= 15 is 0 Å². The molecule has 1 nitrogen and oxygen atoms in total. The van der Waals surface area contributed by atoms with Gasteiger partial charge in [0, 0.05) is 18.3 Å². The van der Waals surface area contributed by atoms with Crippen LogP contribution in [-0.4, -0.2) is 7.05 Å². The predicted octanol–water partition coefficient (Wildman–Crippen LogP) is 3.79. The zero-order valence-corrected chi connectivity index (χ0v) is 9.40. The van der Waals surface area contributed by atoms with Crippen molar-refractivity contribution < 1.29 is 0 Å². The van der Waals surface area contributed by atoms with Crippen LogP contribution in [0.5, 0.6) is 0 Å². The highest BCUT2D eigenvalue weighted by atomic mass is 14.8. The molecule has 80 valence electrons. The molecule has 0 spiro atoms. The molecule has 0 heterocycles. The predicted molar refractivity (Wildman–Crippen MR) is 70.6 cm³/mol. The van der Waals surface area contributed by atoms with Gasteiger partial charge in [-0.25, -0.2) is 0 Å². The monoisotopic (exact) mass is 209 g/mol. The van der Waals surface area contributed by atoms with Crippen LogP contribution < -0.4 is 5.32 Å². The Morgan fingerprint density at radius 1 is 0.938 bits per heavy atom. The maximum atomic E-state index is 4.16. The van der Waals surface area contributed by atoms with Gasteiger partial charge in [0.2, 0.25) is 0 Å². The van der Waals surface area contributed by atoms with Gasteiger partial charge in [-0.2, -0.15) is 0 Å². The number of anilines is 1. The summed E-state index contributed by atoms with van der Waals surface area (Å²) in [6.45, 7) is 4.16. The third-order valence-corrected chi connectivity index (χ3v) is 2.64. The van der Waals surface area contributed by atoms with E-state index in [-0.39, 0.29) is 0 Å². The number of benzene rings is 2. The zero-order chi connectivity index (χ0) is 11.4. The highest BCUT2D eigenvalue weighted by Crippen LogP contribution is 2.27. The minimum absolute atomic E-state index is 1.05. The van der Waals surface area contributed by atoms with Gasteiger partial charge in [-0.05, 0) is 17.2 Å². The summed E-state index contributed by atoms with van der Waals surface area (Å²) in [5.74, 6) is 0. The van der Waals surface area contributed by atoms with Crippen molar-refractivity contribution in [1.82, 2.24) is 0 Å². The molecule has 0 radical (unpaired) electrons. The highest BCUT2D eigenvalue weighted by molar-refractivity contribution is 5.84. The topological polar surface area (TPSA) is 12.0 Å². The number of nitrogens with one attached hydrogen (secondary N) is 1. The third-order valence-electron chi connectivity index (χ3n) is 2.64. The van der Waals surface area contributed by atoms with E-state index < -0.39 is 0 Å². The first-order chi connectivity index (χ1) is 7.83. The van der Waals surface area contributed by atoms with Crippen molar-refractivity contribution in [1.29, 1.82) is 0 Å². The van der Waals surface area contributed by atoms with Crippen molar-refractivity contribution >= 4 is 11.3 Å². The van der Waals surface area contributed by atoms with Crippen molar-refractivity contribution in [3.05, 3.63) is 72.3 Å². The SMILES string of the molecule is C=C(c1ccccc1)c1ccccc1NC. The second-order valence-corrected chi connectivity index (χ2v) is 3.64. The second-order valence-electron chi connectivity index (χ2n) is 3.64. The standard InChI is InChI=1S/C15H15N/c1-12(13-8-4-3-5-9-13)14-10-6-7-11-15(14)16-2/h3-11,16H,1H2,2H3. The van der Waals surface area contributed by atoms with Gasteiger partial charge in [-0.3, -0.25) is 0 Å². The van der Waals surface area contributed by atoms with Gasteiger partial charge in [-0.15, -0.1) is 0 Å². The molecule has 0 aromatic heterocycles. The molecule has 0 fully saturated rings. The van der Waals surface area contributed by atoms with E-state index in [2.05, 4.69) is 36.2 Å². The Morgan fingerprint density at radius 2 is 1.56 bits per heavy atom. The van der Waals surface area contributed by atoms with Crippen LogP contribution in [0.4, 0.5) is 5.69 Å². The molecule has 0 bridgehead atoms. The van der Waals surface area contributed by atoms with Crippen LogP contribution in [0.3, 0.4) is 0 Å². The molecular formula is C15H15N. The molecule has 0 aliphatic heterocycles. The molecule has 0 atom stereocenters. The molecule has 2 aromatic rings. The third kappa shape index (κ3) is 1.98. The van der Waals surface area contributed by atoms with Crippen molar-refractivity contribution in [2.75, 3.05) is 12.4 Å². The Balaban J connectivity index is 2.42. The number of hydrogen-bond donors (Lipinski definition) is 1. The van der Waals surface area contributed by atoms with Crippen LogP contribution in [0.25, 0.3) is 5.57 Å². The van der Waals surface area contributed by atoms with Gasteiger partial charge in [0.1, 0.15) is 0 Å². The van der Waals surface area contributed by atoms with Crippen LogP contribution in [0.15, 0.2) is 61.2 Å². The van der Waals surface area contributed by atoms with Gasteiger partial charge in [0.05, 0.1) is 0 Å². The molecule has 2 rings (SSSR count). The normalized spacial score (nSPS) is 9.81. The molecule has 0 aliphatic carbocycles. The Morgan fingerprint density at radius 3 is 2.25 bits per heavy atom. The lowest BCUT2D eigenvalue weighted by molar-refractivity contribution is 1.47. The quantitative estimate of drug-likeness (QED) is 0.811. The van der Waals surface area contributed by atoms with Gasteiger partial charge in [-0.1, -0.05) is 55.1 Å². The lowest BCUT2D eigenvalue weighted by Crippen LogP contribution is -1.94. The fourth-order valence-electron chi connectivity index (χ4n) is 1.76. The molecule has 0 aliphatic rings. The summed E-state index contributed by atoms with van der Waals surface area (Å²) in [5, 5.41) is 3.19. The smallest absolute Gasteiger partial charge is 0.0417 e. The van der Waals surface area contributed by atoms with E-state index in [0.717, 1.165) is 22.4 Å². The fourth-order valence-corrected chi connectivity index (χ4v) is 1.76. The first kappa shape index (κ1) is 10.5. The van der Waals surface area contributed by atoms with Crippen LogP contribution in [0, 0.1) is 0 Å². The summed E-state index contributed by atoms with van der Waals surface area (Å²) in [4.78, 5) is 0. The molecule has 2 aromatic carbocycles. The van der Waals surface area contributed by atoms with Crippen molar-refractivity contribution in [3.63, 3.8) is 0 Å². The van der Waals surface area contributed by atoms with E-state index in [0.29, 0.717) is 0 Å². The van der Waals surface area contributed by atoms with Crippen LogP contribution in [0.1, 0.15) is 11.1 Å². The maximum absolute atomic E-state index is 4.16. The van der Waals surface area contributed by atoms with E-state index in [4.69, 9.17) is 0 Å². The van der Waals surface area contributed by atoms with Crippen LogP contribution >= 0.6 is 0 Å². The van der Waals surface area contributed by atoms with E-state index in [9.17, 15) is 0 Å². The van der Waals surface area contributed by atoms with Crippen molar-refractivity contribution in [2.24, 2.45) is 0 Å². The van der Waals surface area contributed by atoms with Gasteiger partial charge >= 0.3 is 0 Å². The average Bonchev–Trinajstić information content (AvgIpc) is 2.39. The number of hydrogen-bond acceptors (Lipinski definition) is 1. The van der Waals surface area contributed by atoms with E-state index in [1.54, 1.807) is 0 Å². The molecule has 0 saturated heterocycles. The molecule has 0 amide bonds. The van der Waals surface area contributed by atoms with E-state index in [1.807, 2.05) is 37.4 Å². The lowest BCUT2D eigenvalue weighted by Gasteiger charge is -2.11. The molecule has 1 N–H and O–H groups in total. The zero-order valence-electron chi connectivity index (χ0n) is 9.40. The van der Waals surface area contributed by atoms with Gasteiger partial charge < -0.3 is 5.32 Å². The minimum Gasteiger partial charge on any atom is -0.388 e. The minimum atomic E-state index is 1.05. The summed E-state index contributed by atoms with van der Waals surface area (Å²) < 4.78 is 0. The summed E-state index contributed by atoms with van der Waals surface area (Å²) in [5.41, 5.74) is 4.46. The maximum Gasteiger partial charge on any atom is 0.0417 e. The summed E-state index contributed by atoms with van der Waals surface area (Å²) in [6, 6.07) is 18.4. The molecule has 1 heteroatoms. The fraction of sp³-hybridized carbons (Fsp3) is 0.0667. The van der Waals surface area contributed by atoms with Crippen LogP contribution in [0.2, 0.25) is 0 Å². The first-order valence-electron chi connectivity index (χ1n) is 5.34. The van der Waals surface area contributed by atoms with Gasteiger partial charge in [0.15, 0.2) is 0 Å². The Labute approximate surface area is 96.4 Å². The largest absolute Gasteiger partial charge is 0.388 e. The molecule has 0 unspecified atom stereocenters. The lowest BCUT2D eigenvalue weighted by atomic mass is 9.98. The summed E-state index contributed by atoms with van der Waals surface area (Å²) in [6.07, 6.45) is 0. The summed E-state index contributed by atoms with van der Waals surface area (Å²) >= 11 is 0. The molecule has 16 heavy (non-hydrogen) atoms. The van der Waals surface area contributed by atoms with Gasteiger partial charge in [0.25, 0.3) is 0 Å². The summed E-state index contributed by atoms with van der Waals surface area (Å²) in [7, 11) is 1.93. The Hall–Kier alpha value is -2.02. The van der Waals surface area contributed by atoms with Crippen LogP contribution in [-0.2, 0) is 0 Å². The second kappa shape index (κ2) is 4.67. The Kier molecular flexibility index (Phi) is 3.06. The Bertz CT molecular complexity index is 486. The highest BCUT2D eigenvalue weighted by Gasteiger charge is 2.05. The average molecular weight is 209 g/mol. The van der Waals surface area contributed by atoms with Crippen molar-refractivity contribution in [2.45, 2.75) is 0 Å². The van der Waals surface area contributed by atoms with E-state index in [1.165, 1.54) is 0 Å².